The molecular formula is C18H26O6. The zero-order valence-corrected chi connectivity index (χ0v) is 13.8. The van der Waals surface area contributed by atoms with E-state index < -0.39 is 12.2 Å². The summed E-state index contributed by atoms with van der Waals surface area (Å²) in [6.07, 6.45) is 6.68. The first kappa shape index (κ1) is 17.3. The summed E-state index contributed by atoms with van der Waals surface area (Å²) in [5, 5.41) is 19.6. The molecule has 3 fully saturated rings. The highest BCUT2D eigenvalue weighted by molar-refractivity contribution is 5.72. The zero-order valence-electron chi connectivity index (χ0n) is 13.8. The number of hydrogen-bond donors (Lipinski definition) is 2. The minimum Gasteiger partial charge on any atom is -0.481 e. The molecule has 6 heteroatoms. The van der Waals surface area contributed by atoms with E-state index in [9.17, 15) is 15.0 Å². The number of aliphatic hydroxyl groups excluding tert-OH is 2. The Labute approximate surface area is 142 Å². The van der Waals surface area contributed by atoms with Crippen molar-refractivity contribution in [3.63, 3.8) is 0 Å². The second kappa shape index (κ2) is 7.57. The molecule has 24 heavy (non-hydrogen) atoms. The summed E-state index contributed by atoms with van der Waals surface area (Å²) in [4.78, 5) is 12.3. The maximum atomic E-state index is 12.3. The first-order valence-electron chi connectivity index (χ1n) is 8.75. The molecule has 134 valence electrons. The largest absolute Gasteiger partial charge is 0.481 e. The van der Waals surface area contributed by atoms with Gasteiger partial charge < -0.3 is 24.4 Å². The van der Waals surface area contributed by atoms with Crippen LogP contribution in [0.15, 0.2) is 24.7 Å². The maximum Gasteiger partial charge on any atom is 0.309 e. The van der Waals surface area contributed by atoms with E-state index >= 15 is 0 Å². The van der Waals surface area contributed by atoms with Gasteiger partial charge in [-0.15, -0.1) is 0 Å². The third kappa shape index (κ3) is 4.30. The average molecular weight is 338 g/mol. The number of ether oxygens (including phenoxy) is 3. The number of esters is 1. The Kier molecular flexibility index (Phi) is 5.46. The fourth-order valence-electron chi connectivity index (χ4n) is 3.71. The van der Waals surface area contributed by atoms with Gasteiger partial charge in [0.2, 0.25) is 0 Å². The summed E-state index contributed by atoms with van der Waals surface area (Å²) in [6, 6.07) is 0. The van der Waals surface area contributed by atoms with Crippen LogP contribution in [0.1, 0.15) is 38.5 Å². The van der Waals surface area contributed by atoms with Gasteiger partial charge in [0, 0.05) is 12.5 Å². The fourth-order valence-corrected chi connectivity index (χ4v) is 3.71. The molecule has 0 spiro atoms. The van der Waals surface area contributed by atoms with Crippen LogP contribution in [-0.4, -0.2) is 47.2 Å². The van der Waals surface area contributed by atoms with Crippen molar-refractivity contribution in [3.8, 4) is 0 Å². The van der Waals surface area contributed by atoms with E-state index in [0.29, 0.717) is 44.0 Å². The van der Waals surface area contributed by atoms with E-state index in [1.165, 1.54) is 12.2 Å². The number of aliphatic hydroxyl groups is 2. The first-order valence-corrected chi connectivity index (χ1v) is 8.75. The van der Waals surface area contributed by atoms with E-state index in [-0.39, 0.29) is 17.8 Å². The smallest absolute Gasteiger partial charge is 0.309 e. The van der Waals surface area contributed by atoms with Gasteiger partial charge in [0.25, 0.3) is 5.95 Å². The summed E-state index contributed by atoms with van der Waals surface area (Å²) in [7, 11) is 0. The molecule has 2 aliphatic carbocycles. The van der Waals surface area contributed by atoms with Crippen molar-refractivity contribution < 1.29 is 29.2 Å². The predicted octanol–water partition coefficient (Wildman–Crippen LogP) is 2.23. The number of fused-ring (bicyclic) bond motifs is 1. The Bertz CT molecular complexity index is 502. The van der Waals surface area contributed by atoms with Crippen molar-refractivity contribution in [1.82, 2.24) is 0 Å². The molecule has 1 aliphatic heterocycles. The highest BCUT2D eigenvalue weighted by atomic mass is 16.6. The molecule has 6 atom stereocenters. The lowest BCUT2D eigenvalue weighted by Gasteiger charge is -2.32. The van der Waals surface area contributed by atoms with Crippen molar-refractivity contribution in [3.05, 3.63) is 24.7 Å². The molecule has 1 heterocycles. The van der Waals surface area contributed by atoms with Crippen LogP contribution in [0.4, 0.5) is 0 Å². The second-order valence-corrected chi connectivity index (χ2v) is 7.00. The van der Waals surface area contributed by atoms with Crippen LogP contribution >= 0.6 is 0 Å². The van der Waals surface area contributed by atoms with Crippen molar-refractivity contribution in [2.24, 2.45) is 11.8 Å². The van der Waals surface area contributed by atoms with Crippen molar-refractivity contribution in [1.29, 1.82) is 0 Å². The Morgan fingerprint density at radius 3 is 2.79 bits per heavy atom. The molecule has 0 radical (unpaired) electrons. The normalized spacial score (nSPS) is 38.8. The lowest BCUT2D eigenvalue weighted by Crippen LogP contribution is -2.39. The van der Waals surface area contributed by atoms with Crippen molar-refractivity contribution in [2.45, 2.75) is 62.9 Å². The van der Waals surface area contributed by atoms with Gasteiger partial charge in [-0.2, -0.15) is 0 Å². The van der Waals surface area contributed by atoms with Crippen LogP contribution in [0.3, 0.4) is 0 Å². The molecular weight excluding hydrogens is 312 g/mol. The first-order chi connectivity index (χ1) is 11.6. The standard InChI is InChI=1S/C18H26O6/c1-2-3-17(20)24-15-9-12(5-6-13(15)19)18(21)22-10-11-4-7-14-16(8-11)23-14/h2-3,11-16,19-20H,1,4-10H2/b17-3+. The van der Waals surface area contributed by atoms with Gasteiger partial charge in [-0.1, -0.05) is 12.7 Å². The van der Waals surface area contributed by atoms with E-state index in [0.717, 1.165) is 19.3 Å². The molecule has 2 saturated carbocycles. The third-order valence-corrected chi connectivity index (χ3v) is 5.20. The van der Waals surface area contributed by atoms with E-state index in [1.54, 1.807) is 0 Å². The monoisotopic (exact) mass is 338 g/mol. The lowest BCUT2D eigenvalue weighted by molar-refractivity contribution is -0.156. The van der Waals surface area contributed by atoms with Crippen LogP contribution in [-0.2, 0) is 19.0 Å². The molecule has 6 unspecified atom stereocenters. The predicted molar refractivity (Wildman–Crippen MR) is 86.1 cm³/mol. The van der Waals surface area contributed by atoms with Gasteiger partial charge in [-0.05, 0) is 38.0 Å². The number of carbonyl (C=O) groups is 1. The zero-order chi connectivity index (χ0) is 17.1. The van der Waals surface area contributed by atoms with E-state index in [4.69, 9.17) is 14.2 Å². The molecule has 0 amide bonds. The summed E-state index contributed by atoms with van der Waals surface area (Å²) < 4.78 is 16.3. The minimum absolute atomic E-state index is 0.235. The van der Waals surface area contributed by atoms with Gasteiger partial charge in [0.15, 0.2) is 0 Å². The van der Waals surface area contributed by atoms with Gasteiger partial charge in [-0.25, -0.2) is 0 Å². The molecule has 0 aromatic carbocycles. The van der Waals surface area contributed by atoms with Crippen molar-refractivity contribution >= 4 is 5.97 Å². The lowest BCUT2D eigenvalue weighted by atomic mass is 9.85. The van der Waals surface area contributed by atoms with Crippen LogP contribution < -0.4 is 0 Å². The molecule has 1 saturated heterocycles. The molecule has 6 nitrogen and oxygen atoms in total. The number of rotatable bonds is 6. The van der Waals surface area contributed by atoms with Gasteiger partial charge in [0.05, 0.1) is 30.8 Å². The molecule has 0 aromatic heterocycles. The van der Waals surface area contributed by atoms with Gasteiger partial charge in [-0.3, -0.25) is 4.79 Å². The quantitative estimate of drug-likeness (QED) is 0.334. The molecule has 3 rings (SSSR count). The second-order valence-electron chi connectivity index (χ2n) is 7.00. The third-order valence-electron chi connectivity index (χ3n) is 5.20. The maximum absolute atomic E-state index is 12.3. The summed E-state index contributed by atoms with van der Waals surface area (Å²) in [5.41, 5.74) is 0. The highest BCUT2D eigenvalue weighted by Gasteiger charge is 2.44. The number of epoxide rings is 1. The number of carbonyl (C=O) groups excluding carboxylic acids is 1. The summed E-state index contributed by atoms with van der Waals surface area (Å²) >= 11 is 0. The molecule has 3 aliphatic rings. The van der Waals surface area contributed by atoms with Crippen LogP contribution in [0, 0.1) is 11.8 Å². The Morgan fingerprint density at radius 1 is 1.21 bits per heavy atom. The Hall–Kier alpha value is -1.53. The van der Waals surface area contributed by atoms with Crippen LogP contribution in [0.25, 0.3) is 0 Å². The topological polar surface area (TPSA) is 88.5 Å². The molecule has 0 bridgehead atoms. The molecule has 2 N–H and O–H groups in total. The SMILES string of the molecule is C=C/C=C(\O)OC1CC(C(=O)OCC2CCC3OC3C2)CCC1O. The van der Waals surface area contributed by atoms with Crippen molar-refractivity contribution in [2.75, 3.05) is 6.61 Å². The fraction of sp³-hybridized carbons (Fsp3) is 0.722. The summed E-state index contributed by atoms with van der Waals surface area (Å²) in [5.74, 6) is -0.451. The van der Waals surface area contributed by atoms with Crippen LogP contribution in [0.2, 0.25) is 0 Å². The molecule has 0 aromatic rings. The number of allylic oxidation sites excluding steroid dienone is 2. The Morgan fingerprint density at radius 2 is 2.04 bits per heavy atom. The van der Waals surface area contributed by atoms with E-state index in [2.05, 4.69) is 6.58 Å². The average Bonchev–Trinajstić information content (AvgIpc) is 3.33. The number of hydrogen-bond acceptors (Lipinski definition) is 6. The highest BCUT2D eigenvalue weighted by Crippen LogP contribution is 2.39. The van der Waals surface area contributed by atoms with Gasteiger partial charge >= 0.3 is 5.97 Å². The van der Waals surface area contributed by atoms with E-state index in [1.807, 2.05) is 0 Å². The summed E-state index contributed by atoms with van der Waals surface area (Å²) in [6.45, 7) is 3.91. The minimum atomic E-state index is -0.697. The Balaban J connectivity index is 1.45. The van der Waals surface area contributed by atoms with Crippen LogP contribution in [0.5, 0.6) is 0 Å². The van der Waals surface area contributed by atoms with Gasteiger partial charge in [0.1, 0.15) is 6.10 Å².